The molecule has 1 aliphatic carbocycles. The zero-order valence-electron chi connectivity index (χ0n) is 15.2. The summed E-state index contributed by atoms with van der Waals surface area (Å²) in [4.78, 5) is 9.93. The van der Waals surface area contributed by atoms with Gasteiger partial charge in [0.15, 0.2) is 5.96 Å². The Morgan fingerprint density at radius 1 is 1.13 bits per heavy atom. The third-order valence-electron chi connectivity index (χ3n) is 5.03. The zero-order chi connectivity index (χ0) is 15.8. The minimum Gasteiger partial charge on any atom is -0.357 e. The second kappa shape index (κ2) is 11.5. The molecule has 2 rings (SSSR count). The standard InChI is InChI=1S/C17H35N5.HI/c1-4-18-17(20-16-8-6-7-9-16)19-14-15(3)22-12-10-21(5-2)11-13-22;/h15-16H,4-14H2,1-3H3,(H2,18,19,20);1H. The van der Waals surface area contributed by atoms with Crippen molar-refractivity contribution in [3.05, 3.63) is 0 Å². The summed E-state index contributed by atoms with van der Waals surface area (Å²) in [7, 11) is 0. The molecule has 1 unspecified atom stereocenters. The van der Waals surface area contributed by atoms with Gasteiger partial charge in [-0.2, -0.15) is 0 Å². The quantitative estimate of drug-likeness (QED) is 0.380. The van der Waals surface area contributed by atoms with E-state index in [-0.39, 0.29) is 24.0 Å². The molecule has 1 saturated heterocycles. The molecular formula is C17H36IN5. The Hall–Kier alpha value is -0.0800. The van der Waals surface area contributed by atoms with E-state index in [1.54, 1.807) is 0 Å². The first-order chi connectivity index (χ1) is 10.7. The molecule has 6 heteroatoms. The van der Waals surface area contributed by atoms with E-state index in [2.05, 4.69) is 41.2 Å². The lowest BCUT2D eigenvalue weighted by Crippen LogP contribution is -2.50. The number of rotatable bonds is 6. The van der Waals surface area contributed by atoms with E-state index in [9.17, 15) is 0 Å². The van der Waals surface area contributed by atoms with Gasteiger partial charge >= 0.3 is 0 Å². The van der Waals surface area contributed by atoms with Gasteiger partial charge in [-0.1, -0.05) is 19.8 Å². The van der Waals surface area contributed by atoms with Crippen LogP contribution in [-0.2, 0) is 0 Å². The summed E-state index contributed by atoms with van der Waals surface area (Å²) in [5, 5.41) is 7.00. The highest BCUT2D eigenvalue weighted by Crippen LogP contribution is 2.17. The lowest BCUT2D eigenvalue weighted by atomic mass is 10.2. The first kappa shape index (κ1) is 21.0. The Morgan fingerprint density at radius 2 is 1.78 bits per heavy atom. The van der Waals surface area contributed by atoms with Crippen molar-refractivity contribution in [1.82, 2.24) is 20.4 Å². The van der Waals surface area contributed by atoms with E-state index in [0.29, 0.717) is 12.1 Å². The summed E-state index contributed by atoms with van der Waals surface area (Å²) in [6.07, 6.45) is 5.29. The molecule has 0 amide bonds. The predicted molar refractivity (Wildman–Crippen MR) is 110 cm³/mol. The molecule has 1 heterocycles. The van der Waals surface area contributed by atoms with E-state index in [1.165, 1.54) is 58.4 Å². The number of aliphatic imine (C=N–C) groups is 1. The van der Waals surface area contributed by atoms with Crippen LogP contribution in [0.5, 0.6) is 0 Å². The zero-order valence-corrected chi connectivity index (χ0v) is 17.5. The van der Waals surface area contributed by atoms with Gasteiger partial charge in [0.25, 0.3) is 0 Å². The average molecular weight is 437 g/mol. The van der Waals surface area contributed by atoms with Gasteiger partial charge in [0.2, 0.25) is 0 Å². The van der Waals surface area contributed by atoms with E-state index in [4.69, 9.17) is 4.99 Å². The van der Waals surface area contributed by atoms with Crippen LogP contribution in [0, 0.1) is 0 Å². The summed E-state index contributed by atoms with van der Waals surface area (Å²) in [5.41, 5.74) is 0. The molecule has 5 nitrogen and oxygen atoms in total. The Morgan fingerprint density at radius 3 is 2.35 bits per heavy atom. The van der Waals surface area contributed by atoms with Gasteiger partial charge in [-0.05, 0) is 33.2 Å². The lowest BCUT2D eigenvalue weighted by Gasteiger charge is -2.37. The van der Waals surface area contributed by atoms with Crippen LogP contribution < -0.4 is 10.6 Å². The summed E-state index contributed by atoms with van der Waals surface area (Å²) >= 11 is 0. The highest BCUT2D eigenvalue weighted by molar-refractivity contribution is 14.0. The highest BCUT2D eigenvalue weighted by atomic mass is 127. The molecule has 0 radical (unpaired) electrons. The molecule has 1 atom stereocenters. The summed E-state index contributed by atoms with van der Waals surface area (Å²) in [6, 6.07) is 1.15. The molecule has 1 saturated carbocycles. The molecule has 0 aromatic heterocycles. The third-order valence-corrected chi connectivity index (χ3v) is 5.03. The van der Waals surface area contributed by atoms with E-state index < -0.39 is 0 Å². The topological polar surface area (TPSA) is 42.9 Å². The van der Waals surface area contributed by atoms with Crippen molar-refractivity contribution in [3.8, 4) is 0 Å². The van der Waals surface area contributed by atoms with Gasteiger partial charge in [-0.3, -0.25) is 9.89 Å². The van der Waals surface area contributed by atoms with E-state index >= 15 is 0 Å². The molecule has 0 aromatic carbocycles. The average Bonchev–Trinajstić information content (AvgIpc) is 3.05. The molecule has 0 bridgehead atoms. The Balaban J connectivity index is 0.00000264. The van der Waals surface area contributed by atoms with Crippen molar-refractivity contribution in [2.24, 2.45) is 4.99 Å². The number of nitrogens with one attached hydrogen (secondary N) is 2. The number of likely N-dealkylation sites (N-methyl/N-ethyl adjacent to an activating group) is 1. The minimum absolute atomic E-state index is 0. The molecule has 136 valence electrons. The molecule has 0 spiro atoms. The van der Waals surface area contributed by atoms with Crippen LogP contribution >= 0.6 is 24.0 Å². The fraction of sp³-hybridized carbons (Fsp3) is 0.941. The van der Waals surface area contributed by atoms with Crippen molar-refractivity contribution in [1.29, 1.82) is 0 Å². The Kier molecular flexibility index (Phi) is 10.5. The Bertz CT molecular complexity index is 336. The van der Waals surface area contributed by atoms with Crippen LogP contribution in [0.3, 0.4) is 0 Å². The molecule has 0 aromatic rings. The SMILES string of the molecule is CCNC(=NCC(C)N1CCN(CC)CC1)NC1CCCC1.I. The van der Waals surface area contributed by atoms with Gasteiger partial charge in [0, 0.05) is 44.8 Å². The number of halogens is 1. The van der Waals surface area contributed by atoms with Gasteiger partial charge in [0.05, 0.1) is 6.54 Å². The van der Waals surface area contributed by atoms with Crippen molar-refractivity contribution in [2.45, 2.75) is 58.5 Å². The van der Waals surface area contributed by atoms with Crippen molar-refractivity contribution < 1.29 is 0 Å². The number of piperazine rings is 1. The number of hydrogen-bond donors (Lipinski definition) is 2. The fourth-order valence-corrected chi connectivity index (χ4v) is 3.44. The first-order valence-electron chi connectivity index (χ1n) is 9.24. The van der Waals surface area contributed by atoms with Gasteiger partial charge in [-0.15, -0.1) is 24.0 Å². The van der Waals surface area contributed by atoms with Crippen LogP contribution in [0.15, 0.2) is 4.99 Å². The molecule has 23 heavy (non-hydrogen) atoms. The minimum atomic E-state index is 0. The summed E-state index contributed by atoms with van der Waals surface area (Å²) in [6.45, 7) is 14.4. The predicted octanol–water partition coefficient (Wildman–Crippen LogP) is 2.13. The lowest BCUT2D eigenvalue weighted by molar-refractivity contribution is 0.109. The van der Waals surface area contributed by atoms with Crippen LogP contribution in [0.1, 0.15) is 46.5 Å². The fourth-order valence-electron chi connectivity index (χ4n) is 3.44. The van der Waals surface area contributed by atoms with Gasteiger partial charge in [-0.25, -0.2) is 0 Å². The van der Waals surface area contributed by atoms with Crippen LogP contribution in [0.25, 0.3) is 0 Å². The first-order valence-corrected chi connectivity index (χ1v) is 9.24. The Labute approximate surface area is 159 Å². The van der Waals surface area contributed by atoms with Crippen LogP contribution in [-0.4, -0.2) is 73.7 Å². The second-order valence-corrected chi connectivity index (χ2v) is 6.66. The van der Waals surface area contributed by atoms with Crippen molar-refractivity contribution in [2.75, 3.05) is 45.8 Å². The third kappa shape index (κ3) is 7.13. The molecule has 2 N–H and O–H groups in total. The maximum atomic E-state index is 4.83. The van der Waals surface area contributed by atoms with E-state index in [0.717, 1.165) is 19.0 Å². The maximum absolute atomic E-state index is 4.83. The highest BCUT2D eigenvalue weighted by Gasteiger charge is 2.20. The van der Waals surface area contributed by atoms with Crippen molar-refractivity contribution >= 4 is 29.9 Å². The monoisotopic (exact) mass is 437 g/mol. The van der Waals surface area contributed by atoms with Gasteiger partial charge in [0.1, 0.15) is 0 Å². The summed E-state index contributed by atoms with van der Waals surface area (Å²) < 4.78 is 0. The van der Waals surface area contributed by atoms with E-state index in [1.807, 2.05) is 0 Å². The number of guanidine groups is 1. The smallest absolute Gasteiger partial charge is 0.191 e. The number of hydrogen-bond acceptors (Lipinski definition) is 3. The molecular weight excluding hydrogens is 401 g/mol. The molecule has 1 aliphatic heterocycles. The molecule has 2 fully saturated rings. The largest absolute Gasteiger partial charge is 0.357 e. The summed E-state index contributed by atoms with van der Waals surface area (Å²) in [5.74, 6) is 1.01. The van der Waals surface area contributed by atoms with Crippen LogP contribution in [0.2, 0.25) is 0 Å². The molecule has 2 aliphatic rings. The van der Waals surface area contributed by atoms with Crippen molar-refractivity contribution in [3.63, 3.8) is 0 Å². The number of nitrogens with zero attached hydrogens (tertiary/aromatic N) is 3. The van der Waals surface area contributed by atoms with Crippen LogP contribution in [0.4, 0.5) is 0 Å². The maximum Gasteiger partial charge on any atom is 0.191 e. The van der Waals surface area contributed by atoms with Gasteiger partial charge < -0.3 is 15.5 Å². The second-order valence-electron chi connectivity index (χ2n) is 6.66. The normalized spacial score (nSPS) is 22.7.